The first kappa shape index (κ1) is 42.9. The van der Waals surface area contributed by atoms with E-state index >= 15 is 0 Å². The van der Waals surface area contributed by atoms with Gasteiger partial charge in [-0.1, -0.05) is 159 Å². The summed E-state index contributed by atoms with van der Waals surface area (Å²) in [5.74, 6) is 0. The zero-order valence-corrected chi connectivity index (χ0v) is 30.4. The summed E-state index contributed by atoms with van der Waals surface area (Å²) in [4.78, 5) is 2.46. The van der Waals surface area contributed by atoms with Crippen molar-refractivity contribution in [1.29, 1.82) is 0 Å². The van der Waals surface area contributed by atoms with E-state index in [0.29, 0.717) is 0 Å². The van der Waals surface area contributed by atoms with Gasteiger partial charge in [-0.25, -0.2) is 0 Å². The zero-order chi connectivity index (χ0) is 31.9. The lowest BCUT2D eigenvalue weighted by molar-refractivity contribution is 0.107. The van der Waals surface area contributed by atoms with Crippen LogP contribution in [0.15, 0.2) is 48.6 Å². The molecule has 0 heterocycles. The van der Waals surface area contributed by atoms with Crippen LogP contribution in [0, 0.1) is 0 Å². The van der Waals surface area contributed by atoms with Crippen LogP contribution in [-0.4, -0.2) is 38.3 Å². The summed E-state index contributed by atoms with van der Waals surface area (Å²) < 4.78 is 5.90. The fourth-order valence-electron chi connectivity index (χ4n) is 5.53. The minimum Gasteiger partial charge on any atom is -0.380 e. The monoisotopic (exact) mass is 614 g/mol. The maximum Gasteiger partial charge on any atom is 0.0593 e. The van der Waals surface area contributed by atoms with Crippen LogP contribution in [-0.2, 0) is 4.74 Å². The third-order valence-electron chi connectivity index (χ3n) is 8.60. The van der Waals surface area contributed by atoms with Crippen molar-refractivity contribution in [2.24, 2.45) is 0 Å². The van der Waals surface area contributed by atoms with Gasteiger partial charge in [0, 0.05) is 13.2 Å². The van der Waals surface area contributed by atoms with Gasteiger partial charge in [0.05, 0.1) is 6.61 Å². The van der Waals surface area contributed by atoms with Crippen LogP contribution in [0.5, 0.6) is 0 Å². The molecule has 2 heteroatoms. The Morgan fingerprint density at radius 1 is 0.364 bits per heavy atom. The summed E-state index contributed by atoms with van der Waals surface area (Å²) in [6.45, 7) is 8.66. The fraction of sp³-hybridized carbons (Fsp3) is 0.810. The second-order valence-electron chi connectivity index (χ2n) is 13.1. The molecule has 0 N–H and O–H groups in total. The van der Waals surface area contributed by atoms with E-state index in [-0.39, 0.29) is 0 Å². The van der Waals surface area contributed by atoms with Crippen LogP contribution in [0.1, 0.15) is 187 Å². The van der Waals surface area contributed by atoms with Crippen LogP contribution >= 0.6 is 0 Å². The first-order valence-corrected chi connectivity index (χ1v) is 19.7. The average Bonchev–Trinajstić information content (AvgIpc) is 3.03. The highest BCUT2D eigenvalue weighted by molar-refractivity contribution is 4.93. The standard InChI is InChI=1S/C42H79NO/c1-4-6-8-10-12-14-16-18-20-22-23-24-25-27-29-31-33-35-37-39-43(3)40-42-44-41-38-36-34-32-30-28-26-21-19-17-15-13-11-9-7-5-2/h12-15,18-21H,4-11,16-17,22-42H2,1-3H3/b14-12-,15-13-,20-18-,21-19-. The molecule has 2 nitrogen and oxygen atoms in total. The number of rotatable bonds is 36. The minimum absolute atomic E-state index is 0.892. The Hall–Kier alpha value is -1.12. The number of likely N-dealkylation sites (N-methyl/N-ethyl adjacent to an activating group) is 1. The van der Waals surface area contributed by atoms with Gasteiger partial charge in [-0.15, -0.1) is 0 Å². The van der Waals surface area contributed by atoms with E-state index in [0.717, 1.165) is 32.6 Å². The lowest BCUT2D eigenvalue weighted by atomic mass is 10.1. The largest absolute Gasteiger partial charge is 0.380 e. The van der Waals surface area contributed by atoms with Crippen molar-refractivity contribution in [2.45, 2.75) is 187 Å². The van der Waals surface area contributed by atoms with E-state index in [9.17, 15) is 0 Å². The van der Waals surface area contributed by atoms with E-state index in [1.807, 2.05) is 0 Å². The van der Waals surface area contributed by atoms with Crippen molar-refractivity contribution >= 4 is 0 Å². The number of unbranched alkanes of at least 4 members (excludes halogenated alkanes) is 21. The molecular formula is C42H79NO. The van der Waals surface area contributed by atoms with Crippen molar-refractivity contribution in [3.63, 3.8) is 0 Å². The van der Waals surface area contributed by atoms with E-state index in [2.05, 4.69) is 74.4 Å². The normalized spacial score (nSPS) is 12.5. The molecule has 0 saturated carbocycles. The second-order valence-corrected chi connectivity index (χ2v) is 13.1. The number of allylic oxidation sites excluding steroid dienone is 8. The molecule has 44 heavy (non-hydrogen) atoms. The topological polar surface area (TPSA) is 12.5 Å². The SMILES string of the molecule is CCCCC/C=C\C/C=C\CCCCCCCCCCCN(C)CCOCCCCCCCC/C=C\C/C=C\CCCCC. The molecule has 0 radical (unpaired) electrons. The average molecular weight is 614 g/mol. The Labute approximate surface area is 278 Å². The first-order chi connectivity index (χ1) is 21.8. The summed E-state index contributed by atoms with van der Waals surface area (Å²) in [5, 5.41) is 0. The van der Waals surface area contributed by atoms with Gasteiger partial charge < -0.3 is 9.64 Å². The predicted molar refractivity (Wildman–Crippen MR) is 201 cm³/mol. The Morgan fingerprint density at radius 3 is 1.16 bits per heavy atom. The Morgan fingerprint density at radius 2 is 0.727 bits per heavy atom. The van der Waals surface area contributed by atoms with Crippen LogP contribution in [0.3, 0.4) is 0 Å². The third-order valence-corrected chi connectivity index (χ3v) is 8.60. The number of hydrogen-bond acceptors (Lipinski definition) is 2. The molecule has 0 atom stereocenters. The van der Waals surface area contributed by atoms with Crippen molar-refractivity contribution < 1.29 is 4.74 Å². The molecule has 0 aliphatic heterocycles. The summed E-state index contributed by atoms with van der Waals surface area (Å²) in [5.41, 5.74) is 0. The summed E-state index contributed by atoms with van der Waals surface area (Å²) in [6, 6.07) is 0. The molecule has 258 valence electrons. The molecule has 0 aromatic carbocycles. The Bertz CT molecular complexity index is 580. The molecule has 0 spiro atoms. The summed E-state index contributed by atoms with van der Waals surface area (Å²) in [7, 11) is 2.25. The van der Waals surface area contributed by atoms with Crippen molar-refractivity contribution in [2.75, 3.05) is 33.4 Å². The fourth-order valence-corrected chi connectivity index (χ4v) is 5.53. The van der Waals surface area contributed by atoms with E-state index in [1.54, 1.807) is 0 Å². The number of nitrogens with zero attached hydrogens (tertiary/aromatic N) is 1. The van der Waals surface area contributed by atoms with Crippen LogP contribution in [0.4, 0.5) is 0 Å². The smallest absolute Gasteiger partial charge is 0.0593 e. The lowest BCUT2D eigenvalue weighted by Gasteiger charge is -2.16. The first-order valence-electron chi connectivity index (χ1n) is 19.7. The minimum atomic E-state index is 0.892. The molecule has 0 aliphatic rings. The number of ether oxygens (including phenoxy) is 1. The zero-order valence-electron chi connectivity index (χ0n) is 30.4. The molecule has 0 aromatic rings. The molecule has 0 unspecified atom stereocenters. The molecule has 0 rings (SSSR count). The van der Waals surface area contributed by atoms with E-state index in [1.165, 1.54) is 167 Å². The van der Waals surface area contributed by atoms with Gasteiger partial charge in [0.25, 0.3) is 0 Å². The van der Waals surface area contributed by atoms with Crippen molar-refractivity contribution in [3.8, 4) is 0 Å². The molecule has 0 saturated heterocycles. The van der Waals surface area contributed by atoms with Gasteiger partial charge in [0.1, 0.15) is 0 Å². The maximum absolute atomic E-state index is 5.90. The van der Waals surface area contributed by atoms with Crippen molar-refractivity contribution in [1.82, 2.24) is 4.90 Å². The van der Waals surface area contributed by atoms with Gasteiger partial charge in [-0.05, 0) is 90.6 Å². The van der Waals surface area contributed by atoms with Crippen LogP contribution in [0.2, 0.25) is 0 Å². The third kappa shape index (κ3) is 38.9. The van der Waals surface area contributed by atoms with Gasteiger partial charge in [0.15, 0.2) is 0 Å². The predicted octanol–water partition coefficient (Wildman–Crippen LogP) is 13.7. The lowest BCUT2D eigenvalue weighted by Crippen LogP contribution is -2.24. The molecule has 0 bridgehead atoms. The Balaban J connectivity index is 3.25. The molecule has 0 amide bonds. The summed E-state index contributed by atoms with van der Waals surface area (Å²) in [6.07, 6.45) is 54.7. The number of hydrogen-bond donors (Lipinski definition) is 0. The highest BCUT2D eigenvalue weighted by Crippen LogP contribution is 2.12. The van der Waals surface area contributed by atoms with Gasteiger partial charge in [-0.3, -0.25) is 0 Å². The summed E-state index contributed by atoms with van der Waals surface area (Å²) >= 11 is 0. The molecule has 0 fully saturated rings. The van der Waals surface area contributed by atoms with Crippen molar-refractivity contribution in [3.05, 3.63) is 48.6 Å². The van der Waals surface area contributed by atoms with E-state index in [4.69, 9.17) is 4.74 Å². The highest BCUT2D eigenvalue weighted by atomic mass is 16.5. The molecular weight excluding hydrogens is 534 g/mol. The van der Waals surface area contributed by atoms with Gasteiger partial charge in [-0.2, -0.15) is 0 Å². The molecule has 0 aromatic heterocycles. The van der Waals surface area contributed by atoms with Crippen LogP contribution < -0.4 is 0 Å². The quantitative estimate of drug-likeness (QED) is 0.0515. The van der Waals surface area contributed by atoms with E-state index < -0.39 is 0 Å². The van der Waals surface area contributed by atoms with Gasteiger partial charge >= 0.3 is 0 Å². The molecule has 0 aliphatic carbocycles. The second kappa shape index (κ2) is 39.9. The van der Waals surface area contributed by atoms with Gasteiger partial charge in [0.2, 0.25) is 0 Å². The van der Waals surface area contributed by atoms with Crippen LogP contribution in [0.25, 0.3) is 0 Å². The highest BCUT2D eigenvalue weighted by Gasteiger charge is 1.99. The maximum atomic E-state index is 5.90. The Kier molecular flexibility index (Phi) is 38.9.